The SMILES string of the molecule is CC(C)CNC(=O)CCNCCn1ccccc1=O. The van der Waals surface area contributed by atoms with Crippen molar-refractivity contribution in [2.24, 2.45) is 5.92 Å². The van der Waals surface area contributed by atoms with Gasteiger partial charge in [0.1, 0.15) is 0 Å². The van der Waals surface area contributed by atoms with E-state index in [9.17, 15) is 9.59 Å². The highest BCUT2D eigenvalue weighted by atomic mass is 16.1. The minimum atomic E-state index is -0.000948. The Balaban J connectivity index is 2.10. The summed E-state index contributed by atoms with van der Waals surface area (Å²) in [7, 11) is 0. The second-order valence-corrected chi connectivity index (χ2v) is 4.93. The molecule has 1 heterocycles. The van der Waals surface area contributed by atoms with Crippen LogP contribution >= 0.6 is 0 Å². The Morgan fingerprint density at radius 2 is 2.11 bits per heavy atom. The molecule has 1 aromatic rings. The number of nitrogens with zero attached hydrogens (tertiary/aromatic N) is 1. The molecular formula is C14H23N3O2. The summed E-state index contributed by atoms with van der Waals surface area (Å²) in [6.45, 7) is 6.78. The normalized spacial score (nSPS) is 10.7. The number of carbonyl (C=O) groups is 1. The molecule has 0 aliphatic rings. The quantitative estimate of drug-likeness (QED) is 0.677. The average Bonchev–Trinajstić information content (AvgIpc) is 2.38. The smallest absolute Gasteiger partial charge is 0.250 e. The van der Waals surface area contributed by atoms with Crippen molar-refractivity contribution in [3.05, 3.63) is 34.7 Å². The van der Waals surface area contributed by atoms with E-state index >= 15 is 0 Å². The zero-order chi connectivity index (χ0) is 14.1. The summed E-state index contributed by atoms with van der Waals surface area (Å²) in [5.74, 6) is 0.542. The van der Waals surface area contributed by atoms with Gasteiger partial charge in [0.2, 0.25) is 5.91 Å². The number of aromatic nitrogens is 1. The van der Waals surface area contributed by atoms with Gasteiger partial charge in [-0.15, -0.1) is 0 Å². The van der Waals surface area contributed by atoms with E-state index in [0.29, 0.717) is 32.0 Å². The Morgan fingerprint density at radius 1 is 1.32 bits per heavy atom. The third-order valence-electron chi connectivity index (χ3n) is 2.66. The Kier molecular flexibility index (Phi) is 6.89. The lowest BCUT2D eigenvalue weighted by Gasteiger charge is -2.09. The molecule has 5 nitrogen and oxygen atoms in total. The zero-order valence-corrected chi connectivity index (χ0v) is 11.7. The molecule has 5 heteroatoms. The van der Waals surface area contributed by atoms with E-state index in [1.165, 1.54) is 0 Å². The fourth-order valence-electron chi connectivity index (χ4n) is 1.58. The monoisotopic (exact) mass is 265 g/mol. The summed E-state index contributed by atoms with van der Waals surface area (Å²) in [4.78, 5) is 22.8. The molecule has 0 unspecified atom stereocenters. The lowest BCUT2D eigenvalue weighted by molar-refractivity contribution is -0.121. The Bertz CT molecular complexity index is 440. The van der Waals surface area contributed by atoms with E-state index in [1.54, 1.807) is 22.9 Å². The van der Waals surface area contributed by atoms with Gasteiger partial charge >= 0.3 is 0 Å². The van der Waals surface area contributed by atoms with E-state index in [-0.39, 0.29) is 11.5 Å². The van der Waals surface area contributed by atoms with Crippen LogP contribution in [0.5, 0.6) is 0 Å². The van der Waals surface area contributed by atoms with Crippen molar-refractivity contribution < 1.29 is 4.79 Å². The maximum atomic E-state index is 11.4. The molecule has 2 N–H and O–H groups in total. The van der Waals surface area contributed by atoms with Crippen molar-refractivity contribution in [1.29, 1.82) is 0 Å². The number of amides is 1. The summed E-state index contributed by atoms with van der Waals surface area (Å²) < 4.78 is 1.64. The van der Waals surface area contributed by atoms with Crippen LogP contribution in [0.1, 0.15) is 20.3 Å². The van der Waals surface area contributed by atoms with E-state index in [1.807, 2.05) is 6.07 Å². The summed E-state index contributed by atoms with van der Waals surface area (Å²) in [5.41, 5.74) is -0.000948. The van der Waals surface area contributed by atoms with Crippen molar-refractivity contribution in [3.8, 4) is 0 Å². The second-order valence-electron chi connectivity index (χ2n) is 4.93. The molecule has 19 heavy (non-hydrogen) atoms. The van der Waals surface area contributed by atoms with Crippen LogP contribution in [0.3, 0.4) is 0 Å². The van der Waals surface area contributed by atoms with Gasteiger partial charge in [0, 0.05) is 44.9 Å². The molecule has 0 saturated heterocycles. The van der Waals surface area contributed by atoms with E-state index in [0.717, 1.165) is 6.54 Å². The lowest BCUT2D eigenvalue weighted by atomic mass is 10.2. The molecule has 1 aromatic heterocycles. The fourth-order valence-corrected chi connectivity index (χ4v) is 1.58. The molecule has 0 aromatic carbocycles. The summed E-state index contributed by atoms with van der Waals surface area (Å²) >= 11 is 0. The maximum absolute atomic E-state index is 11.4. The zero-order valence-electron chi connectivity index (χ0n) is 11.7. The molecule has 0 fully saturated rings. The Labute approximate surface area is 114 Å². The van der Waals surface area contributed by atoms with Crippen molar-refractivity contribution in [3.63, 3.8) is 0 Å². The van der Waals surface area contributed by atoms with Crippen molar-refractivity contribution in [2.75, 3.05) is 19.6 Å². The minimum absolute atomic E-state index is 0.000948. The van der Waals surface area contributed by atoms with Crippen LogP contribution in [-0.4, -0.2) is 30.1 Å². The van der Waals surface area contributed by atoms with Gasteiger partial charge < -0.3 is 15.2 Å². The molecule has 0 bridgehead atoms. The largest absolute Gasteiger partial charge is 0.356 e. The van der Waals surface area contributed by atoms with Crippen molar-refractivity contribution in [2.45, 2.75) is 26.8 Å². The Hall–Kier alpha value is -1.62. The van der Waals surface area contributed by atoms with Gasteiger partial charge in [-0.3, -0.25) is 9.59 Å². The molecule has 0 aliphatic heterocycles. The topological polar surface area (TPSA) is 63.1 Å². The van der Waals surface area contributed by atoms with Gasteiger partial charge in [0.05, 0.1) is 0 Å². The number of rotatable bonds is 8. The van der Waals surface area contributed by atoms with Crippen LogP contribution < -0.4 is 16.2 Å². The molecule has 0 aliphatic carbocycles. The Morgan fingerprint density at radius 3 is 2.79 bits per heavy atom. The van der Waals surface area contributed by atoms with Gasteiger partial charge in [0.25, 0.3) is 5.56 Å². The highest BCUT2D eigenvalue weighted by Crippen LogP contribution is 1.88. The first-order valence-corrected chi connectivity index (χ1v) is 6.72. The minimum Gasteiger partial charge on any atom is -0.356 e. The number of nitrogens with one attached hydrogen (secondary N) is 2. The van der Waals surface area contributed by atoms with Crippen LogP contribution in [-0.2, 0) is 11.3 Å². The van der Waals surface area contributed by atoms with Gasteiger partial charge in [-0.25, -0.2) is 0 Å². The van der Waals surface area contributed by atoms with Crippen LogP contribution in [0.4, 0.5) is 0 Å². The predicted molar refractivity (Wildman–Crippen MR) is 76.0 cm³/mol. The number of hydrogen-bond acceptors (Lipinski definition) is 3. The number of carbonyl (C=O) groups excluding carboxylic acids is 1. The summed E-state index contributed by atoms with van der Waals surface area (Å²) in [6, 6.07) is 5.10. The molecule has 0 atom stereocenters. The second kappa shape index (κ2) is 8.48. The molecule has 0 radical (unpaired) electrons. The first-order valence-electron chi connectivity index (χ1n) is 6.72. The predicted octanol–water partition coefficient (Wildman–Crippen LogP) is 0.600. The van der Waals surface area contributed by atoms with Crippen LogP contribution in [0.2, 0.25) is 0 Å². The molecule has 1 rings (SSSR count). The highest BCUT2D eigenvalue weighted by Gasteiger charge is 2.01. The van der Waals surface area contributed by atoms with Crippen molar-refractivity contribution in [1.82, 2.24) is 15.2 Å². The van der Waals surface area contributed by atoms with E-state index in [4.69, 9.17) is 0 Å². The standard InChI is InChI=1S/C14H23N3O2/c1-12(2)11-16-13(18)6-7-15-8-10-17-9-4-3-5-14(17)19/h3-5,9,12,15H,6-8,10-11H2,1-2H3,(H,16,18). The fraction of sp³-hybridized carbons (Fsp3) is 0.571. The molecule has 0 saturated carbocycles. The molecule has 0 spiro atoms. The van der Waals surface area contributed by atoms with E-state index < -0.39 is 0 Å². The van der Waals surface area contributed by atoms with Crippen LogP contribution in [0.25, 0.3) is 0 Å². The molecule has 106 valence electrons. The van der Waals surface area contributed by atoms with Gasteiger partial charge in [-0.2, -0.15) is 0 Å². The maximum Gasteiger partial charge on any atom is 0.250 e. The summed E-state index contributed by atoms with van der Waals surface area (Å²) in [6.07, 6.45) is 2.23. The van der Waals surface area contributed by atoms with Crippen LogP contribution in [0.15, 0.2) is 29.2 Å². The summed E-state index contributed by atoms with van der Waals surface area (Å²) in [5, 5.41) is 6.02. The first-order chi connectivity index (χ1) is 9.09. The third kappa shape index (κ3) is 6.76. The first kappa shape index (κ1) is 15.4. The van der Waals surface area contributed by atoms with Gasteiger partial charge in [-0.05, 0) is 12.0 Å². The van der Waals surface area contributed by atoms with Gasteiger partial charge in [-0.1, -0.05) is 19.9 Å². The van der Waals surface area contributed by atoms with Gasteiger partial charge in [0.15, 0.2) is 0 Å². The average molecular weight is 265 g/mol. The van der Waals surface area contributed by atoms with Crippen LogP contribution in [0, 0.1) is 5.92 Å². The van der Waals surface area contributed by atoms with E-state index in [2.05, 4.69) is 24.5 Å². The highest BCUT2D eigenvalue weighted by molar-refractivity contribution is 5.76. The lowest BCUT2D eigenvalue weighted by Crippen LogP contribution is -2.32. The number of pyridine rings is 1. The molecular weight excluding hydrogens is 242 g/mol. The van der Waals surface area contributed by atoms with Crippen molar-refractivity contribution >= 4 is 5.91 Å². The third-order valence-corrected chi connectivity index (χ3v) is 2.66. The molecule has 1 amide bonds. The number of hydrogen-bond donors (Lipinski definition) is 2.